The Morgan fingerprint density at radius 1 is 1.47 bits per heavy atom. The number of likely N-dealkylation sites (tertiary alicyclic amines) is 1. The summed E-state index contributed by atoms with van der Waals surface area (Å²) in [5.74, 6) is 0.841. The van der Waals surface area contributed by atoms with Crippen LogP contribution in [-0.2, 0) is 4.79 Å². The molecule has 19 heavy (non-hydrogen) atoms. The number of carbonyl (C=O) groups excluding carboxylic acids is 1. The molecule has 1 fully saturated rings. The normalized spacial score (nSPS) is 19.5. The molecular weight excluding hydrogens is 282 g/mol. The van der Waals surface area contributed by atoms with Gasteiger partial charge in [0.25, 0.3) is 0 Å². The molecule has 1 amide bonds. The minimum absolute atomic E-state index is 0.123. The van der Waals surface area contributed by atoms with E-state index < -0.39 is 0 Å². The molecule has 1 N–H and O–H groups in total. The molecule has 1 aromatic carbocycles. The average Bonchev–Trinajstić information content (AvgIpc) is 2.41. The van der Waals surface area contributed by atoms with Gasteiger partial charge >= 0.3 is 0 Å². The van der Waals surface area contributed by atoms with Gasteiger partial charge in [-0.3, -0.25) is 4.79 Å². The summed E-state index contributed by atoms with van der Waals surface area (Å²) in [6.45, 7) is 1.25. The lowest BCUT2D eigenvalue weighted by Gasteiger charge is -2.30. The number of hydrogen-bond acceptors (Lipinski definition) is 3. The molecule has 0 bridgehead atoms. The number of nitrogens with zero attached hydrogens (tertiary/aromatic N) is 1. The number of thioether (sulfide) groups is 1. The van der Waals surface area contributed by atoms with Crippen molar-refractivity contribution in [1.82, 2.24) is 4.90 Å². The SMILES string of the molecule is O=C(CCSc1ccccc1Cl)N1CCC[C@H](O)C1. The maximum atomic E-state index is 12.0. The lowest BCUT2D eigenvalue weighted by Crippen LogP contribution is -2.42. The second-order valence-electron chi connectivity index (χ2n) is 4.66. The monoisotopic (exact) mass is 299 g/mol. The van der Waals surface area contributed by atoms with E-state index in [2.05, 4.69) is 0 Å². The van der Waals surface area contributed by atoms with E-state index in [9.17, 15) is 9.90 Å². The Balaban J connectivity index is 1.76. The van der Waals surface area contributed by atoms with Crippen LogP contribution in [0.25, 0.3) is 0 Å². The van der Waals surface area contributed by atoms with Gasteiger partial charge in [0.2, 0.25) is 5.91 Å². The van der Waals surface area contributed by atoms with Crippen molar-refractivity contribution in [2.75, 3.05) is 18.8 Å². The fraction of sp³-hybridized carbons (Fsp3) is 0.500. The molecule has 1 aliphatic rings. The molecule has 5 heteroatoms. The van der Waals surface area contributed by atoms with Gasteiger partial charge in [-0.05, 0) is 25.0 Å². The molecule has 1 atom stereocenters. The zero-order chi connectivity index (χ0) is 13.7. The Hall–Kier alpha value is -0.710. The third-order valence-electron chi connectivity index (χ3n) is 3.16. The van der Waals surface area contributed by atoms with Crippen LogP contribution >= 0.6 is 23.4 Å². The molecule has 0 spiro atoms. The standard InChI is InChI=1S/C14H18ClNO2S/c15-12-5-1-2-6-13(12)19-9-7-14(18)16-8-3-4-11(17)10-16/h1-2,5-6,11,17H,3-4,7-10H2/t11-/m0/s1. The van der Waals surface area contributed by atoms with Crippen LogP contribution < -0.4 is 0 Å². The molecule has 104 valence electrons. The van der Waals surface area contributed by atoms with Crippen molar-refractivity contribution in [2.45, 2.75) is 30.3 Å². The average molecular weight is 300 g/mol. The quantitative estimate of drug-likeness (QED) is 0.869. The van der Waals surface area contributed by atoms with Crippen LogP contribution in [0, 0.1) is 0 Å². The largest absolute Gasteiger partial charge is 0.391 e. The van der Waals surface area contributed by atoms with E-state index in [1.54, 1.807) is 16.7 Å². The highest BCUT2D eigenvalue weighted by atomic mass is 35.5. The number of piperidine rings is 1. The first-order valence-corrected chi connectivity index (χ1v) is 7.86. The van der Waals surface area contributed by atoms with Gasteiger partial charge in [-0.15, -0.1) is 11.8 Å². The van der Waals surface area contributed by atoms with Crippen LogP contribution in [0.2, 0.25) is 5.02 Å². The first-order valence-electron chi connectivity index (χ1n) is 6.50. The third-order valence-corrected chi connectivity index (χ3v) is 4.68. The molecule has 2 rings (SSSR count). The van der Waals surface area contributed by atoms with E-state index >= 15 is 0 Å². The molecule has 0 aliphatic carbocycles. The molecular formula is C14H18ClNO2S. The molecule has 1 heterocycles. The van der Waals surface area contributed by atoms with E-state index in [0.29, 0.717) is 13.0 Å². The summed E-state index contributed by atoms with van der Waals surface area (Å²) in [6, 6.07) is 7.65. The van der Waals surface area contributed by atoms with Crippen molar-refractivity contribution in [3.63, 3.8) is 0 Å². The smallest absolute Gasteiger partial charge is 0.223 e. The Labute approximate surface area is 122 Å². The molecule has 1 aromatic rings. The van der Waals surface area contributed by atoms with E-state index in [0.717, 1.165) is 35.1 Å². The van der Waals surface area contributed by atoms with Gasteiger partial charge in [-0.1, -0.05) is 23.7 Å². The van der Waals surface area contributed by atoms with E-state index in [1.165, 1.54) is 0 Å². The van der Waals surface area contributed by atoms with Crippen LogP contribution in [0.4, 0.5) is 0 Å². The van der Waals surface area contributed by atoms with Gasteiger partial charge in [-0.2, -0.15) is 0 Å². The predicted molar refractivity (Wildman–Crippen MR) is 78.6 cm³/mol. The van der Waals surface area contributed by atoms with Crippen LogP contribution in [0.1, 0.15) is 19.3 Å². The van der Waals surface area contributed by atoms with Crippen LogP contribution in [0.15, 0.2) is 29.2 Å². The van der Waals surface area contributed by atoms with Gasteiger partial charge in [0.15, 0.2) is 0 Å². The minimum Gasteiger partial charge on any atom is -0.391 e. The van der Waals surface area contributed by atoms with Gasteiger partial charge in [0.1, 0.15) is 0 Å². The maximum absolute atomic E-state index is 12.0. The molecule has 3 nitrogen and oxygen atoms in total. The molecule has 0 radical (unpaired) electrons. The second kappa shape index (κ2) is 7.17. The van der Waals surface area contributed by atoms with Gasteiger partial charge in [-0.25, -0.2) is 0 Å². The zero-order valence-corrected chi connectivity index (χ0v) is 12.3. The number of hydrogen-bond donors (Lipinski definition) is 1. The van der Waals surface area contributed by atoms with Crippen molar-refractivity contribution < 1.29 is 9.90 Å². The van der Waals surface area contributed by atoms with E-state index in [-0.39, 0.29) is 12.0 Å². The molecule has 0 saturated carbocycles. The fourth-order valence-corrected chi connectivity index (χ4v) is 3.33. The first kappa shape index (κ1) is 14.7. The highest BCUT2D eigenvalue weighted by molar-refractivity contribution is 7.99. The lowest BCUT2D eigenvalue weighted by atomic mass is 10.1. The van der Waals surface area contributed by atoms with Crippen molar-refractivity contribution in [1.29, 1.82) is 0 Å². The summed E-state index contributed by atoms with van der Waals surface area (Å²) in [6.07, 6.45) is 1.83. The third kappa shape index (κ3) is 4.41. The number of rotatable bonds is 4. The predicted octanol–water partition coefficient (Wildman–Crippen LogP) is 2.81. The van der Waals surface area contributed by atoms with Crippen LogP contribution in [-0.4, -0.2) is 40.9 Å². The van der Waals surface area contributed by atoms with Crippen LogP contribution in [0.5, 0.6) is 0 Å². The van der Waals surface area contributed by atoms with E-state index in [4.69, 9.17) is 11.6 Å². The summed E-state index contributed by atoms with van der Waals surface area (Å²) in [5, 5.41) is 10.3. The number of benzene rings is 1. The number of aliphatic hydroxyl groups excluding tert-OH is 1. The fourth-order valence-electron chi connectivity index (χ4n) is 2.15. The summed E-state index contributed by atoms with van der Waals surface area (Å²) in [5.41, 5.74) is 0. The number of amides is 1. The van der Waals surface area contributed by atoms with Gasteiger partial charge in [0.05, 0.1) is 11.1 Å². The second-order valence-corrected chi connectivity index (χ2v) is 6.21. The number of aliphatic hydroxyl groups is 1. The Bertz CT molecular complexity index is 441. The Morgan fingerprint density at radius 3 is 3.00 bits per heavy atom. The lowest BCUT2D eigenvalue weighted by molar-refractivity contribution is -0.133. The van der Waals surface area contributed by atoms with Gasteiger partial charge < -0.3 is 10.0 Å². The van der Waals surface area contributed by atoms with Crippen molar-refractivity contribution in [3.05, 3.63) is 29.3 Å². The first-order chi connectivity index (χ1) is 9.16. The Morgan fingerprint density at radius 2 is 2.26 bits per heavy atom. The van der Waals surface area contributed by atoms with Crippen molar-refractivity contribution in [2.24, 2.45) is 0 Å². The molecule has 0 unspecified atom stereocenters. The van der Waals surface area contributed by atoms with Crippen LogP contribution in [0.3, 0.4) is 0 Å². The maximum Gasteiger partial charge on any atom is 0.223 e. The number of β-amino-alcohol motifs (C(OH)–C–C–N with tert-alkyl or cyclic N) is 1. The summed E-state index contributed by atoms with van der Waals surface area (Å²) in [7, 11) is 0. The number of halogens is 1. The molecule has 0 aromatic heterocycles. The summed E-state index contributed by atoms with van der Waals surface area (Å²) < 4.78 is 0. The Kier molecular flexibility index (Phi) is 5.55. The number of carbonyl (C=O) groups is 1. The summed E-state index contributed by atoms with van der Waals surface area (Å²) >= 11 is 7.66. The highest BCUT2D eigenvalue weighted by Crippen LogP contribution is 2.27. The van der Waals surface area contributed by atoms with Gasteiger partial charge in [0, 0.05) is 30.2 Å². The highest BCUT2D eigenvalue weighted by Gasteiger charge is 2.21. The van der Waals surface area contributed by atoms with Crippen molar-refractivity contribution >= 4 is 29.3 Å². The summed E-state index contributed by atoms with van der Waals surface area (Å²) in [4.78, 5) is 14.8. The van der Waals surface area contributed by atoms with Crippen molar-refractivity contribution in [3.8, 4) is 0 Å². The van der Waals surface area contributed by atoms with E-state index in [1.807, 2.05) is 24.3 Å². The zero-order valence-electron chi connectivity index (χ0n) is 10.7. The topological polar surface area (TPSA) is 40.5 Å². The minimum atomic E-state index is -0.353. The molecule has 1 saturated heterocycles. The molecule has 1 aliphatic heterocycles.